The van der Waals surface area contributed by atoms with E-state index in [1.54, 1.807) is 11.8 Å². The fraction of sp³-hybridized carbons (Fsp3) is 0.375. The van der Waals surface area contributed by atoms with E-state index in [-0.39, 0.29) is 10.6 Å². The first-order valence-corrected chi connectivity index (χ1v) is 16.0. The molecular formula is C32H41Cl3N4S. The largest absolute Gasteiger partial charge is 0.378 e. The molecule has 1 aromatic heterocycles. The lowest BCUT2D eigenvalue weighted by Gasteiger charge is -2.22. The van der Waals surface area contributed by atoms with Crippen LogP contribution in [0.4, 0.5) is 5.69 Å². The summed E-state index contributed by atoms with van der Waals surface area (Å²) in [5, 5.41) is 11.1. The number of benzene rings is 2. The standard InChI is InChI=1S/C28H29Cl3N4S.2C2H6/c1-4-6-26-32-33-28(35(26)25-15-13-24(14-16-25)34(2)3)36-27(19-9-11-21(29)12-10-19)20-7-5-8-22(30)18-23(31)17-20;2*1-2/h5,8-18,22,27H,4,6-7H2,1-3H3;2*1-2H3/b8-5-,20-17+,23-18?;;. The van der Waals surface area contributed by atoms with Crippen molar-refractivity contribution in [3.8, 4) is 5.69 Å². The predicted molar refractivity (Wildman–Crippen MR) is 178 cm³/mol. The lowest BCUT2D eigenvalue weighted by atomic mass is 9.99. The van der Waals surface area contributed by atoms with Gasteiger partial charge in [0.05, 0.1) is 10.6 Å². The molecule has 4 nitrogen and oxygen atoms in total. The Labute approximate surface area is 260 Å². The average molecular weight is 620 g/mol. The molecule has 2 aromatic carbocycles. The van der Waals surface area contributed by atoms with Crippen LogP contribution in [0.15, 0.2) is 88.6 Å². The van der Waals surface area contributed by atoms with Gasteiger partial charge in [-0.1, -0.05) is 93.9 Å². The van der Waals surface area contributed by atoms with E-state index in [2.05, 4.69) is 69.1 Å². The number of aryl methyl sites for hydroxylation is 1. The molecule has 1 aliphatic rings. The van der Waals surface area contributed by atoms with Crippen molar-refractivity contribution in [2.45, 2.75) is 69.7 Å². The van der Waals surface area contributed by atoms with Crippen LogP contribution in [-0.4, -0.2) is 34.2 Å². The molecule has 0 saturated carbocycles. The van der Waals surface area contributed by atoms with Crippen molar-refractivity contribution in [1.29, 1.82) is 0 Å². The molecule has 3 aromatic rings. The summed E-state index contributed by atoms with van der Waals surface area (Å²) in [5.74, 6) is 0.946. The van der Waals surface area contributed by atoms with Gasteiger partial charge in [-0.3, -0.25) is 4.57 Å². The zero-order valence-corrected chi connectivity index (χ0v) is 27.6. The third-order valence-corrected chi connectivity index (χ3v) is 7.89. The Hall–Kier alpha value is -2.18. The van der Waals surface area contributed by atoms with Crippen LogP contribution in [0.2, 0.25) is 5.02 Å². The van der Waals surface area contributed by atoms with Gasteiger partial charge in [0.2, 0.25) is 0 Å². The molecule has 8 heteroatoms. The number of allylic oxidation sites excluding steroid dienone is 5. The molecule has 0 spiro atoms. The van der Waals surface area contributed by atoms with Gasteiger partial charge in [-0.25, -0.2) is 0 Å². The highest BCUT2D eigenvalue weighted by atomic mass is 35.5. The summed E-state index contributed by atoms with van der Waals surface area (Å²) >= 11 is 20.8. The third-order valence-electron chi connectivity index (χ3n) is 5.85. The van der Waals surface area contributed by atoms with E-state index >= 15 is 0 Å². The fourth-order valence-electron chi connectivity index (χ4n) is 4.03. The second-order valence-corrected chi connectivity index (χ2v) is 11.2. The predicted octanol–water partition coefficient (Wildman–Crippen LogP) is 10.4. The lowest BCUT2D eigenvalue weighted by Crippen LogP contribution is -2.09. The average Bonchev–Trinajstić information content (AvgIpc) is 3.35. The molecule has 2 atom stereocenters. The van der Waals surface area contributed by atoms with Crippen molar-refractivity contribution >= 4 is 52.3 Å². The van der Waals surface area contributed by atoms with Gasteiger partial charge in [0.1, 0.15) is 5.82 Å². The molecule has 216 valence electrons. The van der Waals surface area contributed by atoms with E-state index in [1.807, 2.05) is 72.2 Å². The molecule has 0 saturated heterocycles. The number of rotatable bonds is 8. The van der Waals surface area contributed by atoms with Crippen LogP contribution in [-0.2, 0) is 6.42 Å². The van der Waals surface area contributed by atoms with Crippen molar-refractivity contribution in [2.24, 2.45) is 0 Å². The topological polar surface area (TPSA) is 34.0 Å². The smallest absolute Gasteiger partial charge is 0.196 e. The maximum Gasteiger partial charge on any atom is 0.196 e. The molecule has 0 N–H and O–H groups in total. The molecular weight excluding hydrogens is 579 g/mol. The van der Waals surface area contributed by atoms with Crippen LogP contribution in [0.25, 0.3) is 5.69 Å². The van der Waals surface area contributed by atoms with Gasteiger partial charge in [0, 0.05) is 41.9 Å². The lowest BCUT2D eigenvalue weighted by molar-refractivity contribution is 0.783. The van der Waals surface area contributed by atoms with E-state index in [4.69, 9.17) is 34.8 Å². The van der Waals surface area contributed by atoms with Gasteiger partial charge in [0.15, 0.2) is 5.16 Å². The Morgan fingerprint density at radius 1 is 0.975 bits per heavy atom. The van der Waals surface area contributed by atoms with Crippen LogP contribution < -0.4 is 4.90 Å². The second kappa shape index (κ2) is 17.6. The Morgan fingerprint density at radius 2 is 1.62 bits per heavy atom. The highest BCUT2D eigenvalue weighted by Crippen LogP contribution is 2.43. The Balaban J connectivity index is 0.00000134. The summed E-state index contributed by atoms with van der Waals surface area (Å²) in [7, 11) is 4.08. The van der Waals surface area contributed by atoms with Crippen molar-refractivity contribution in [3.05, 3.63) is 99.9 Å². The first-order valence-electron chi connectivity index (χ1n) is 13.9. The van der Waals surface area contributed by atoms with E-state index in [9.17, 15) is 0 Å². The molecule has 4 rings (SSSR count). The van der Waals surface area contributed by atoms with Gasteiger partial charge in [-0.15, -0.1) is 21.8 Å². The van der Waals surface area contributed by atoms with Crippen LogP contribution in [0.3, 0.4) is 0 Å². The minimum atomic E-state index is -0.221. The summed E-state index contributed by atoms with van der Waals surface area (Å²) in [6.45, 7) is 10.2. The summed E-state index contributed by atoms with van der Waals surface area (Å²) in [4.78, 5) is 2.09. The minimum Gasteiger partial charge on any atom is -0.378 e. The Bertz CT molecular complexity index is 1260. The number of alkyl halides is 1. The fourth-order valence-corrected chi connectivity index (χ4v) is 5.96. The van der Waals surface area contributed by atoms with Crippen molar-refractivity contribution in [1.82, 2.24) is 14.8 Å². The Kier molecular flexibility index (Phi) is 15.0. The molecule has 0 bridgehead atoms. The normalized spacial score (nSPS) is 17.4. The number of anilines is 1. The van der Waals surface area contributed by atoms with Crippen molar-refractivity contribution in [3.63, 3.8) is 0 Å². The molecule has 1 aliphatic carbocycles. The molecule has 2 unspecified atom stereocenters. The molecule has 40 heavy (non-hydrogen) atoms. The maximum absolute atomic E-state index is 6.55. The van der Waals surface area contributed by atoms with E-state index in [1.165, 1.54) is 0 Å². The van der Waals surface area contributed by atoms with Crippen molar-refractivity contribution in [2.75, 3.05) is 19.0 Å². The summed E-state index contributed by atoms with van der Waals surface area (Å²) in [5.41, 5.74) is 4.45. The zero-order chi connectivity index (χ0) is 29.7. The highest BCUT2D eigenvalue weighted by molar-refractivity contribution is 7.99. The number of hydrogen-bond donors (Lipinski definition) is 0. The number of hydrogen-bond acceptors (Lipinski definition) is 4. The van der Waals surface area contributed by atoms with E-state index < -0.39 is 0 Å². The van der Waals surface area contributed by atoms with E-state index in [0.29, 0.717) is 10.1 Å². The highest BCUT2D eigenvalue weighted by Gasteiger charge is 2.24. The van der Waals surface area contributed by atoms with Gasteiger partial charge in [-0.2, -0.15) is 0 Å². The molecule has 0 aliphatic heterocycles. The third kappa shape index (κ3) is 9.44. The monoisotopic (exact) mass is 618 g/mol. The van der Waals surface area contributed by atoms with Crippen LogP contribution in [0, 0.1) is 0 Å². The Morgan fingerprint density at radius 3 is 2.23 bits per heavy atom. The van der Waals surface area contributed by atoms with Crippen LogP contribution >= 0.6 is 46.6 Å². The summed E-state index contributed by atoms with van der Waals surface area (Å²) in [6.07, 6.45) is 10.5. The number of halogens is 3. The number of thioether (sulfide) groups is 1. The summed E-state index contributed by atoms with van der Waals surface area (Å²) in [6, 6.07) is 16.4. The first-order chi connectivity index (χ1) is 19.4. The van der Waals surface area contributed by atoms with Crippen LogP contribution in [0.1, 0.15) is 64.1 Å². The molecule has 1 heterocycles. The van der Waals surface area contributed by atoms with E-state index in [0.717, 1.165) is 52.8 Å². The first kappa shape index (κ1) is 34.0. The number of nitrogens with zero attached hydrogens (tertiary/aromatic N) is 4. The van der Waals surface area contributed by atoms with Crippen molar-refractivity contribution < 1.29 is 0 Å². The molecule has 0 amide bonds. The van der Waals surface area contributed by atoms with Gasteiger partial charge in [0.25, 0.3) is 0 Å². The minimum absolute atomic E-state index is 0.0422. The number of aromatic nitrogens is 3. The van der Waals surface area contributed by atoms with Gasteiger partial charge in [-0.05, 0) is 72.5 Å². The zero-order valence-electron chi connectivity index (χ0n) is 24.5. The van der Waals surface area contributed by atoms with Crippen LogP contribution in [0.5, 0.6) is 0 Å². The molecule has 0 fully saturated rings. The SMILES string of the molecule is CC.CC.CCCc1nnc(SC(/C2=C/C(Cl)=CC(Cl)/C=C\C2)c2ccc(Cl)cc2)n1-c1ccc(N(C)C)cc1. The quantitative estimate of drug-likeness (QED) is 0.143. The second-order valence-electron chi connectivity index (χ2n) is 8.79. The molecule has 0 radical (unpaired) electrons. The summed E-state index contributed by atoms with van der Waals surface area (Å²) < 4.78 is 2.17. The van der Waals surface area contributed by atoms with Gasteiger partial charge >= 0.3 is 0 Å². The van der Waals surface area contributed by atoms with Gasteiger partial charge < -0.3 is 4.90 Å². The maximum atomic E-state index is 6.55.